The first-order valence-corrected chi connectivity index (χ1v) is 6.39. The molecule has 0 aliphatic carbocycles. The molecule has 1 aromatic rings. The first-order chi connectivity index (χ1) is 7.15. The quantitative estimate of drug-likeness (QED) is 0.754. The van der Waals surface area contributed by atoms with Crippen molar-refractivity contribution in [2.24, 2.45) is 5.92 Å². The van der Waals surface area contributed by atoms with E-state index in [0.29, 0.717) is 0 Å². The van der Waals surface area contributed by atoms with Crippen molar-refractivity contribution in [3.63, 3.8) is 0 Å². The van der Waals surface area contributed by atoms with Gasteiger partial charge in [0.25, 0.3) is 0 Å². The average molecular weight is 225 g/mol. The van der Waals surface area contributed by atoms with Crippen LogP contribution in [0.4, 0.5) is 0 Å². The molecule has 3 heteroatoms. The van der Waals surface area contributed by atoms with E-state index in [1.54, 1.807) is 11.3 Å². The maximum absolute atomic E-state index is 11.9. The summed E-state index contributed by atoms with van der Waals surface area (Å²) < 4.78 is 0. The highest BCUT2D eigenvalue weighted by Crippen LogP contribution is 2.12. The smallest absolute Gasteiger partial charge is 0.225 e. The van der Waals surface area contributed by atoms with Gasteiger partial charge in [0.1, 0.15) is 0 Å². The van der Waals surface area contributed by atoms with Crippen molar-refractivity contribution in [2.75, 3.05) is 6.54 Å². The largest absolute Gasteiger partial charge is 0.338 e. The van der Waals surface area contributed by atoms with Gasteiger partial charge in [-0.1, -0.05) is 20.8 Å². The van der Waals surface area contributed by atoms with Crippen molar-refractivity contribution in [1.82, 2.24) is 4.90 Å². The number of amides is 1. The highest BCUT2D eigenvalue weighted by atomic mass is 32.1. The summed E-state index contributed by atoms with van der Waals surface area (Å²) in [7, 11) is 0. The Morgan fingerprint density at radius 1 is 1.53 bits per heavy atom. The van der Waals surface area contributed by atoms with Gasteiger partial charge in [0.05, 0.1) is 0 Å². The number of carbonyl (C=O) groups is 1. The fourth-order valence-electron chi connectivity index (χ4n) is 1.51. The Labute approximate surface area is 95.9 Å². The Hall–Kier alpha value is -0.830. The molecular formula is C12H19NOS. The molecule has 0 saturated heterocycles. The predicted octanol–water partition coefficient (Wildman–Crippen LogP) is 3.14. The molecule has 84 valence electrons. The lowest BCUT2D eigenvalue weighted by Crippen LogP contribution is -2.34. The van der Waals surface area contributed by atoms with E-state index >= 15 is 0 Å². The SMILES string of the molecule is CCCN(Cc1ccsc1)C(=O)C(C)C. The van der Waals surface area contributed by atoms with Gasteiger partial charge >= 0.3 is 0 Å². The second-order valence-electron chi connectivity index (χ2n) is 4.05. The van der Waals surface area contributed by atoms with Crippen molar-refractivity contribution in [3.8, 4) is 0 Å². The van der Waals surface area contributed by atoms with Crippen LogP contribution in [-0.2, 0) is 11.3 Å². The third kappa shape index (κ3) is 3.67. The Morgan fingerprint density at radius 3 is 2.73 bits per heavy atom. The van der Waals surface area contributed by atoms with Crippen LogP contribution in [0.15, 0.2) is 16.8 Å². The average Bonchev–Trinajstić information content (AvgIpc) is 2.68. The molecule has 0 saturated carbocycles. The lowest BCUT2D eigenvalue weighted by atomic mass is 10.1. The molecule has 0 aromatic carbocycles. The molecule has 0 fully saturated rings. The highest BCUT2D eigenvalue weighted by Gasteiger charge is 2.16. The lowest BCUT2D eigenvalue weighted by Gasteiger charge is -2.23. The van der Waals surface area contributed by atoms with Crippen molar-refractivity contribution in [2.45, 2.75) is 33.7 Å². The van der Waals surface area contributed by atoms with Crippen LogP contribution in [0.5, 0.6) is 0 Å². The van der Waals surface area contributed by atoms with Crippen LogP contribution < -0.4 is 0 Å². The number of nitrogens with zero attached hydrogens (tertiary/aromatic N) is 1. The number of rotatable bonds is 5. The van der Waals surface area contributed by atoms with Crippen molar-refractivity contribution in [1.29, 1.82) is 0 Å². The van der Waals surface area contributed by atoms with Gasteiger partial charge in [-0.2, -0.15) is 11.3 Å². The number of hydrogen-bond donors (Lipinski definition) is 0. The van der Waals surface area contributed by atoms with E-state index in [2.05, 4.69) is 23.8 Å². The van der Waals surface area contributed by atoms with Crippen molar-refractivity contribution in [3.05, 3.63) is 22.4 Å². The Kier molecular flexibility index (Phi) is 4.82. The summed E-state index contributed by atoms with van der Waals surface area (Å²) in [5.74, 6) is 0.346. The van der Waals surface area contributed by atoms with Gasteiger partial charge in [-0.25, -0.2) is 0 Å². The minimum Gasteiger partial charge on any atom is -0.338 e. The van der Waals surface area contributed by atoms with E-state index in [-0.39, 0.29) is 11.8 Å². The van der Waals surface area contributed by atoms with Gasteiger partial charge in [0.2, 0.25) is 5.91 Å². The maximum atomic E-state index is 11.9. The summed E-state index contributed by atoms with van der Waals surface area (Å²) in [4.78, 5) is 13.8. The normalized spacial score (nSPS) is 10.7. The molecule has 0 bridgehead atoms. The molecule has 1 heterocycles. The van der Waals surface area contributed by atoms with Crippen molar-refractivity contribution < 1.29 is 4.79 Å². The van der Waals surface area contributed by atoms with Gasteiger partial charge < -0.3 is 4.90 Å². The second-order valence-corrected chi connectivity index (χ2v) is 4.83. The van der Waals surface area contributed by atoms with Crippen LogP contribution in [0, 0.1) is 5.92 Å². The molecule has 0 unspecified atom stereocenters. The van der Waals surface area contributed by atoms with E-state index in [0.717, 1.165) is 19.5 Å². The van der Waals surface area contributed by atoms with Crippen LogP contribution in [0.3, 0.4) is 0 Å². The molecule has 15 heavy (non-hydrogen) atoms. The van der Waals surface area contributed by atoms with Gasteiger partial charge in [-0.05, 0) is 28.8 Å². The fraction of sp³-hybridized carbons (Fsp3) is 0.583. The fourth-order valence-corrected chi connectivity index (χ4v) is 2.17. The van der Waals surface area contributed by atoms with Gasteiger partial charge in [-0.15, -0.1) is 0 Å². The van der Waals surface area contributed by atoms with E-state index in [1.165, 1.54) is 5.56 Å². The van der Waals surface area contributed by atoms with Crippen LogP contribution in [0.1, 0.15) is 32.8 Å². The summed E-state index contributed by atoms with van der Waals surface area (Å²) in [6.45, 7) is 7.63. The maximum Gasteiger partial charge on any atom is 0.225 e. The van der Waals surface area contributed by atoms with Crippen LogP contribution in [0.2, 0.25) is 0 Å². The third-order valence-electron chi connectivity index (χ3n) is 2.25. The summed E-state index contributed by atoms with van der Waals surface area (Å²) in [6, 6.07) is 2.08. The van der Waals surface area contributed by atoms with Crippen molar-refractivity contribution >= 4 is 17.2 Å². The Bertz CT molecular complexity index is 293. The molecule has 1 rings (SSSR count). The predicted molar refractivity (Wildman–Crippen MR) is 64.9 cm³/mol. The second kappa shape index (κ2) is 5.91. The first kappa shape index (κ1) is 12.2. The zero-order valence-corrected chi connectivity index (χ0v) is 10.5. The topological polar surface area (TPSA) is 20.3 Å². The Balaban J connectivity index is 2.62. The van der Waals surface area contributed by atoms with E-state index < -0.39 is 0 Å². The molecule has 0 aliphatic rings. The summed E-state index contributed by atoms with van der Waals surface area (Å²) in [5.41, 5.74) is 1.24. The van der Waals surface area contributed by atoms with Gasteiger partial charge in [0, 0.05) is 19.0 Å². The molecular weight excluding hydrogens is 206 g/mol. The van der Waals surface area contributed by atoms with Crippen LogP contribution in [0.25, 0.3) is 0 Å². The van der Waals surface area contributed by atoms with Crippen LogP contribution in [-0.4, -0.2) is 17.4 Å². The molecule has 0 radical (unpaired) electrons. The molecule has 0 atom stereocenters. The summed E-state index contributed by atoms with van der Waals surface area (Å²) in [6.07, 6.45) is 1.02. The zero-order chi connectivity index (χ0) is 11.3. The lowest BCUT2D eigenvalue weighted by molar-refractivity contribution is -0.135. The third-order valence-corrected chi connectivity index (χ3v) is 2.98. The molecule has 1 amide bonds. The summed E-state index contributed by atoms with van der Waals surface area (Å²) >= 11 is 1.68. The van der Waals surface area contributed by atoms with E-state index in [9.17, 15) is 4.79 Å². The molecule has 2 nitrogen and oxygen atoms in total. The molecule has 0 aliphatic heterocycles. The zero-order valence-electron chi connectivity index (χ0n) is 9.69. The van der Waals surface area contributed by atoms with E-state index in [1.807, 2.05) is 18.7 Å². The van der Waals surface area contributed by atoms with E-state index in [4.69, 9.17) is 0 Å². The highest BCUT2D eigenvalue weighted by molar-refractivity contribution is 7.07. The Morgan fingerprint density at radius 2 is 2.27 bits per heavy atom. The summed E-state index contributed by atoms with van der Waals surface area (Å²) in [5, 5.41) is 4.16. The molecule has 0 N–H and O–H groups in total. The minimum absolute atomic E-state index is 0.0928. The molecule has 1 aromatic heterocycles. The minimum atomic E-state index is 0.0928. The molecule has 0 spiro atoms. The first-order valence-electron chi connectivity index (χ1n) is 5.45. The van der Waals surface area contributed by atoms with Gasteiger partial charge in [0.15, 0.2) is 0 Å². The number of carbonyl (C=O) groups excluding carboxylic acids is 1. The monoisotopic (exact) mass is 225 g/mol. The van der Waals surface area contributed by atoms with Crippen LogP contribution >= 0.6 is 11.3 Å². The number of hydrogen-bond acceptors (Lipinski definition) is 2. The standard InChI is InChI=1S/C12H19NOS/c1-4-6-13(12(14)10(2)3)8-11-5-7-15-9-11/h5,7,9-10H,4,6,8H2,1-3H3. The number of thiophene rings is 1. The van der Waals surface area contributed by atoms with Gasteiger partial charge in [-0.3, -0.25) is 4.79 Å².